The maximum atomic E-state index is 12.2. The third-order valence-electron chi connectivity index (χ3n) is 3.93. The summed E-state index contributed by atoms with van der Waals surface area (Å²) in [6.45, 7) is 0. The molecule has 0 atom stereocenters. The fourth-order valence-corrected chi connectivity index (χ4v) is 2.65. The maximum Gasteiger partial charge on any atom is 0.343 e. The minimum absolute atomic E-state index is 0.0882. The molecule has 0 aliphatic carbocycles. The van der Waals surface area contributed by atoms with E-state index >= 15 is 0 Å². The number of fused-ring (bicyclic) bond motifs is 1. The van der Waals surface area contributed by atoms with Crippen molar-refractivity contribution in [1.29, 1.82) is 0 Å². The Morgan fingerprint density at radius 3 is 2.50 bits per heavy atom. The highest BCUT2D eigenvalue weighted by atomic mass is 16.5. The largest absolute Gasteiger partial charge is 0.507 e. The van der Waals surface area contributed by atoms with Crippen molar-refractivity contribution in [2.24, 2.45) is 0 Å². The number of aromatic hydroxyl groups is 1. The van der Waals surface area contributed by atoms with E-state index in [9.17, 15) is 14.7 Å². The zero-order chi connectivity index (χ0) is 17.1. The predicted molar refractivity (Wildman–Crippen MR) is 89.1 cm³/mol. The second-order valence-electron chi connectivity index (χ2n) is 5.41. The van der Waals surface area contributed by atoms with Gasteiger partial charge in [-0.05, 0) is 23.3 Å². The number of para-hydroxylation sites is 1. The summed E-state index contributed by atoms with van der Waals surface area (Å²) in [5, 5.41) is 10.9. The van der Waals surface area contributed by atoms with Crippen LogP contribution < -0.4 is 5.63 Å². The zero-order valence-electron chi connectivity index (χ0n) is 13.1. The van der Waals surface area contributed by atoms with Gasteiger partial charge >= 0.3 is 11.6 Å². The molecular weight excluding hydrogens is 308 g/mol. The molecular formula is C19H16O5. The van der Waals surface area contributed by atoms with Crippen molar-refractivity contribution in [2.75, 3.05) is 7.11 Å². The first-order valence-electron chi connectivity index (χ1n) is 7.47. The van der Waals surface area contributed by atoms with Gasteiger partial charge in [0.05, 0.1) is 24.5 Å². The highest BCUT2D eigenvalue weighted by molar-refractivity contribution is 5.84. The molecule has 2 aromatic carbocycles. The van der Waals surface area contributed by atoms with Gasteiger partial charge in [0.1, 0.15) is 11.3 Å². The lowest BCUT2D eigenvalue weighted by Gasteiger charge is -2.10. The molecule has 3 rings (SSSR count). The van der Waals surface area contributed by atoms with Crippen LogP contribution in [0.5, 0.6) is 5.75 Å². The van der Waals surface area contributed by atoms with E-state index in [1.807, 2.05) is 18.2 Å². The van der Waals surface area contributed by atoms with Crippen LogP contribution in [0.1, 0.15) is 16.7 Å². The van der Waals surface area contributed by atoms with E-state index in [-0.39, 0.29) is 30.1 Å². The average Bonchev–Trinajstić information content (AvgIpc) is 2.59. The SMILES string of the molecule is COC(=O)Cc1ccccc1Cc1c(O)c2ccccc2oc1=O. The fraction of sp³-hybridized carbons (Fsp3) is 0.158. The molecule has 1 aromatic heterocycles. The molecule has 5 heteroatoms. The van der Waals surface area contributed by atoms with Crippen molar-refractivity contribution in [2.45, 2.75) is 12.8 Å². The van der Waals surface area contributed by atoms with Crippen LogP contribution in [0.25, 0.3) is 11.0 Å². The molecule has 0 fully saturated rings. The lowest BCUT2D eigenvalue weighted by Crippen LogP contribution is -2.11. The van der Waals surface area contributed by atoms with Gasteiger partial charge in [0, 0.05) is 6.42 Å². The number of rotatable bonds is 4. The molecule has 0 aliphatic heterocycles. The quantitative estimate of drug-likeness (QED) is 0.590. The Bertz CT molecular complexity index is 955. The highest BCUT2D eigenvalue weighted by Crippen LogP contribution is 2.28. The van der Waals surface area contributed by atoms with E-state index in [0.717, 1.165) is 11.1 Å². The Morgan fingerprint density at radius 2 is 1.75 bits per heavy atom. The van der Waals surface area contributed by atoms with Crippen LogP contribution in [0.3, 0.4) is 0 Å². The van der Waals surface area contributed by atoms with Crippen molar-refractivity contribution in [3.05, 3.63) is 75.6 Å². The molecule has 0 radical (unpaired) electrons. The first-order chi connectivity index (χ1) is 11.6. The first kappa shape index (κ1) is 15.8. The average molecular weight is 324 g/mol. The molecule has 0 saturated carbocycles. The van der Waals surface area contributed by atoms with E-state index in [0.29, 0.717) is 11.0 Å². The normalized spacial score (nSPS) is 10.7. The summed E-state index contributed by atoms with van der Waals surface area (Å²) in [5.41, 5.74) is 1.44. The van der Waals surface area contributed by atoms with Crippen molar-refractivity contribution >= 4 is 16.9 Å². The molecule has 1 N–H and O–H groups in total. The predicted octanol–water partition coefficient (Wildman–Crippen LogP) is 2.80. The topological polar surface area (TPSA) is 76.7 Å². The molecule has 3 aromatic rings. The molecule has 24 heavy (non-hydrogen) atoms. The Hall–Kier alpha value is -3.08. The Kier molecular flexibility index (Phi) is 4.33. The van der Waals surface area contributed by atoms with Gasteiger partial charge in [-0.2, -0.15) is 0 Å². The molecule has 5 nitrogen and oxygen atoms in total. The summed E-state index contributed by atoms with van der Waals surface area (Å²) in [6.07, 6.45) is 0.276. The lowest BCUT2D eigenvalue weighted by atomic mass is 9.97. The third-order valence-corrected chi connectivity index (χ3v) is 3.93. The number of methoxy groups -OCH3 is 1. The second kappa shape index (κ2) is 6.58. The highest BCUT2D eigenvalue weighted by Gasteiger charge is 2.16. The summed E-state index contributed by atoms with van der Waals surface area (Å²) in [7, 11) is 1.33. The number of esters is 1. The Morgan fingerprint density at radius 1 is 1.08 bits per heavy atom. The standard InChI is InChI=1S/C19H16O5/c1-23-17(20)11-13-7-3-2-6-12(13)10-15-18(21)14-8-4-5-9-16(14)24-19(15)22/h2-9,21H,10-11H2,1H3. The molecule has 0 aliphatic rings. The minimum atomic E-state index is -0.584. The third kappa shape index (κ3) is 3.01. The summed E-state index contributed by atoms with van der Waals surface area (Å²) >= 11 is 0. The van der Waals surface area contributed by atoms with Gasteiger partial charge in [-0.25, -0.2) is 4.79 Å². The van der Waals surface area contributed by atoms with E-state index in [1.54, 1.807) is 30.3 Å². The summed E-state index contributed by atoms with van der Waals surface area (Å²) < 4.78 is 9.98. The molecule has 1 heterocycles. The van der Waals surface area contributed by atoms with Crippen molar-refractivity contribution in [3.8, 4) is 5.75 Å². The number of hydrogen-bond donors (Lipinski definition) is 1. The van der Waals surface area contributed by atoms with Crippen LogP contribution in [0, 0.1) is 0 Å². The molecule has 0 amide bonds. The van der Waals surface area contributed by atoms with Gasteiger partial charge in [-0.3, -0.25) is 4.79 Å². The second-order valence-corrected chi connectivity index (χ2v) is 5.41. The van der Waals surface area contributed by atoms with Crippen molar-refractivity contribution in [1.82, 2.24) is 0 Å². The van der Waals surface area contributed by atoms with Crippen molar-refractivity contribution < 1.29 is 19.1 Å². The van der Waals surface area contributed by atoms with Crippen molar-refractivity contribution in [3.63, 3.8) is 0 Å². The molecule has 0 unspecified atom stereocenters. The van der Waals surface area contributed by atoms with Gasteiger partial charge in [-0.1, -0.05) is 36.4 Å². The van der Waals surface area contributed by atoms with E-state index in [2.05, 4.69) is 0 Å². The smallest absolute Gasteiger partial charge is 0.343 e. The van der Waals surface area contributed by atoms with Gasteiger partial charge in [-0.15, -0.1) is 0 Å². The number of ether oxygens (including phenoxy) is 1. The van der Waals surface area contributed by atoms with E-state index < -0.39 is 5.63 Å². The Balaban J connectivity index is 2.05. The molecule has 0 saturated heterocycles. The van der Waals surface area contributed by atoms with E-state index in [4.69, 9.17) is 9.15 Å². The molecule has 0 bridgehead atoms. The van der Waals surface area contributed by atoms with Crippen LogP contribution in [-0.4, -0.2) is 18.2 Å². The number of carbonyl (C=O) groups is 1. The zero-order valence-corrected chi connectivity index (χ0v) is 13.1. The lowest BCUT2D eigenvalue weighted by molar-refractivity contribution is -0.139. The maximum absolute atomic E-state index is 12.2. The van der Waals surface area contributed by atoms with Gasteiger partial charge in [0.25, 0.3) is 0 Å². The number of benzene rings is 2. The molecule has 0 spiro atoms. The van der Waals surface area contributed by atoms with Crippen LogP contribution in [-0.2, 0) is 22.4 Å². The van der Waals surface area contributed by atoms with Crippen LogP contribution in [0.2, 0.25) is 0 Å². The van der Waals surface area contributed by atoms with Crippen LogP contribution in [0.15, 0.2) is 57.7 Å². The van der Waals surface area contributed by atoms with Crippen LogP contribution >= 0.6 is 0 Å². The summed E-state index contributed by atoms with van der Waals surface area (Å²) in [4.78, 5) is 23.8. The summed E-state index contributed by atoms with van der Waals surface area (Å²) in [5.74, 6) is -0.452. The fourth-order valence-electron chi connectivity index (χ4n) is 2.65. The number of carbonyl (C=O) groups excluding carboxylic acids is 1. The van der Waals surface area contributed by atoms with E-state index in [1.165, 1.54) is 7.11 Å². The summed E-state index contributed by atoms with van der Waals surface area (Å²) in [6, 6.07) is 14.1. The van der Waals surface area contributed by atoms with Crippen LogP contribution in [0.4, 0.5) is 0 Å². The Labute approximate surface area is 138 Å². The first-order valence-corrected chi connectivity index (χ1v) is 7.47. The molecule has 122 valence electrons. The minimum Gasteiger partial charge on any atom is -0.507 e. The van der Waals surface area contributed by atoms with Gasteiger partial charge in [0.2, 0.25) is 0 Å². The number of hydrogen-bond acceptors (Lipinski definition) is 5. The monoisotopic (exact) mass is 324 g/mol. The van der Waals surface area contributed by atoms with Gasteiger partial charge in [0.15, 0.2) is 0 Å². The van der Waals surface area contributed by atoms with Gasteiger partial charge < -0.3 is 14.3 Å².